The third-order valence-electron chi connectivity index (χ3n) is 2.95. The number of nitrogens with zero attached hydrogens (tertiary/aromatic N) is 3. The molecule has 1 aromatic heterocycles. The predicted molar refractivity (Wildman–Crippen MR) is 69.6 cm³/mol. The number of pyridine rings is 1. The summed E-state index contributed by atoms with van der Waals surface area (Å²) < 4.78 is 26.2. The zero-order valence-corrected chi connectivity index (χ0v) is 11.5. The van der Waals surface area contributed by atoms with E-state index in [1.165, 1.54) is 22.6 Å². The number of aromatic nitrogens is 1. The third kappa shape index (κ3) is 2.36. The number of rotatable bonds is 3. The first-order valence-electron chi connectivity index (χ1n) is 5.48. The Hall–Kier alpha value is -1.10. The molecule has 0 amide bonds. The molecule has 7 heteroatoms. The normalized spacial score (nSPS) is 19.9. The van der Waals surface area contributed by atoms with Crippen LogP contribution in [0.2, 0.25) is 0 Å². The van der Waals surface area contributed by atoms with Gasteiger partial charge in [-0.1, -0.05) is 0 Å². The molecule has 1 aromatic rings. The highest BCUT2D eigenvalue weighted by Crippen LogP contribution is 2.26. The minimum atomic E-state index is -3.63. The number of nitriles is 1. The summed E-state index contributed by atoms with van der Waals surface area (Å²) in [6, 6.07) is 4.79. The Kier molecular flexibility index (Phi) is 3.90. The topological polar surface area (TPSA) is 74.1 Å². The lowest BCUT2D eigenvalue weighted by Crippen LogP contribution is -2.37. The molecule has 96 valence electrons. The van der Waals surface area contributed by atoms with Crippen molar-refractivity contribution in [3.05, 3.63) is 24.0 Å². The molecule has 0 bridgehead atoms. The van der Waals surface area contributed by atoms with Crippen LogP contribution in [0.1, 0.15) is 12.1 Å². The lowest BCUT2D eigenvalue weighted by atomic mass is 10.3. The van der Waals surface area contributed by atoms with Crippen LogP contribution in [0.15, 0.2) is 23.2 Å². The molecular weight excluding hydrogens is 270 g/mol. The summed E-state index contributed by atoms with van der Waals surface area (Å²) in [6.07, 6.45) is 2.27. The molecule has 5 nitrogen and oxygen atoms in total. The van der Waals surface area contributed by atoms with Gasteiger partial charge in [-0.05, 0) is 24.3 Å². The maximum absolute atomic E-state index is 12.4. The van der Waals surface area contributed by atoms with Gasteiger partial charge in [-0.25, -0.2) is 13.4 Å². The van der Waals surface area contributed by atoms with E-state index >= 15 is 0 Å². The number of sulfonamides is 1. The molecule has 18 heavy (non-hydrogen) atoms. The van der Waals surface area contributed by atoms with Crippen molar-refractivity contribution in [3.8, 4) is 6.07 Å². The van der Waals surface area contributed by atoms with Crippen molar-refractivity contribution in [2.24, 2.45) is 0 Å². The molecule has 1 unspecified atom stereocenters. The van der Waals surface area contributed by atoms with E-state index in [4.69, 9.17) is 5.26 Å². The van der Waals surface area contributed by atoms with Crippen molar-refractivity contribution in [1.82, 2.24) is 9.29 Å². The summed E-state index contributed by atoms with van der Waals surface area (Å²) in [5.74, 6) is 1.78. The highest BCUT2D eigenvalue weighted by Gasteiger charge is 2.32. The zero-order chi connectivity index (χ0) is 13.2. The van der Waals surface area contributed by atoms with Gasteiger partial charge in [0.05, 0.1) is 0 Å². The van der Waals surface area contributed by atoms with E-state index in [-0.39, 0.29) is 16.6 Å². The van der Waals surface area contributed by atoms with E-state index in [9.17, 15) is 8.42 Å². The smallest absolute Gasteiger partial charge is 0.244 e. The molecule has 0 aliphatic carbocycles. The van der Waals surface area contributed by atoms with Crippen LogP contribution in [-0.2, 0) is 10.0 Å². The fourth-order valence-corrected chi connectivity index (χ4v) is 4.68. The molecule has 0 spiro atoms. The average molecular weight is 283 g/mol. The van der Waals surface area contributed by atoms with Crippen LogP contribution < -0.4 is 0 Å². The van der Waals surface area contributed by atoms with E-state index in [0.717, 1.165) is 17.9 Å². The average Bonchev–Trinajstić information content (AvgIpc) is 2.91. The van der Waals surface area contributed by atoms with Gasteiger partial charge >= 0.3 is 0 Å². The van der Waals surface area contributed by atoms with Crippen molar-refractivity contribution < 1.29 is 8.42 Å². The summed E-state index contributed by atoms with van der Waals surface area (Å²) in [5, 5.41) is 8.93. The van der Waals surface area contributed by atoms with Gasteiger partial charge in [0.15, 0.2) is 5.69 Å². The first-order valence-corrected chi connectivity index (χ1v) is 8.07. The Morgan fingerprint density at radius 3 is 3.00 bits per heavy atom. The van der Waals surface area contributed by atoms with Crippen LogP contribution in [0.4, 0.5) is 0 Å². The van der Waals surface area contributed by atoms with Gasteiger partial charge in [-0.2, -0.15) is 21.3 Å². The second-order valence-corrected chi connectivity index (χ2v) is 7.12. The van der Waals surface area contributed by atoms with Gasteiger partial charge in [-0.15, -0.1) is 0 Å². The second kappa shape index (κ2) is 5.26. The summed E-state index contributed by atoms with van der Waals surface area (Å²) in [4.78, 5) is 3.79. The summed E-state index contributed by atoms with van der Waals surface area (Å²) in [7, 11) is -2.06. The Balaban J connectivity index is 2.39. The van der Waals surface area contributed by atoms with Crippen LogP contribution in [-0.4, -0.2) is 42.3 Å². The molecule has 2 heterocycles. The highest BCUT2D eigenvalue weighted by molar-refractivity contribution is 7.99. The lowest BCUT2D eigenvalue weighted by molar-refractivity contribution is 0.394. The Labute approximate surface area is 111 Å². The maximum atomic E-state index is 12.4. The first-order chi connectivity index (χ1) is 8.57. The van der Waals surface area contributed by atoms with E-state index in [2.05, 4.69) is 4.98 Å². The second-order valence-electron chi connectivity index (χ2n) is 4.00. The van der Waals surface area contributed by atoms with Crippen LogP contribution >= 0.6 is 11.8 Å². The van der Waals surface area contributed by atoms with Gasteiger partial charge in [0, 0.05) is 25.0 Å². The fourth-order valence-electron chi connectivity index (χ4n) is 1.84. The van der Waals surface area contributed by atoms with Crippen LogP contribution in [0.3, 0.4) is 0 Å². The third-order valence-corrected chi connectivity index (χ3v) is 6.04. The van der Waals surface area contributed by atoms with E-state index in [0.29, 0.717) is 0 Å². The molecule has 1 aliphatic heterocycles. The van der Waals surface area contributed by atoms with Gasteiger partial charge in [0.2, 0.25) is 10.0 Å². The quantitative estimate of drug-likeness (QED) is 0.830. The minimum Gasteiger partial charge on any atom is -0.244 e. The van der Waals surface area contributed by atoms with E-state index in [1.807, 2.05) is 6.07 Å². The van der Waals surface area contributed by atoms with E-state index < -0.39 is 10.0 Å². The van der Waals surface area contributed by atoms with Crippen molar-refractivity contribution in [2.75, 3.05) is 18.6 Å². The summed E-state index contributed by atoms with van der Waals surface area (Å²) in [6.45, 7) is 0. The Morgan fingerprint density at radius 1 is 1.61 bits per heavy atom. The predicted octanol–water partition coefficient (Wildman–Crippen LogP) is 1.08. The summed E-state index contributed by atoms with van der Waals surface area (Å²) in [5.41, 5.74) is -0.0463. The molecule has 0 aromatic carbocycles. The highest BCUT2D eigenvalue weighted by atomic mass is 32.2. The van der Waals surface area contributed by atoms with Crippen molar-refractivity contribution in [1.29, 1.82) is 5.26 Å². The Bertz CT molecular complexity index is 574. The fraction of sp³-hybridized carbons (Fsp3) is 0.455. The maximum Gasteiger partial charge on any atom is 0.245 e. The van der Waals surface area contributed by atoms with Gasteiger partial charge in [-0.3, -0.25) is 0 Å². The SMILES string of the molecule is CN(C1CCSC1)S(=O)(=O)c1cccnc1C#N. The lowest BCUT2D eigenvalue weighted by Gasteiger charge is -2.23. The number of hydrogen-bond acceptors (Lipinski definition) is 5. The molecular formula is C11H13N3O2S2. The molecule has 1 atom stereocenters. The standard InChI is InChI=1S/C11H13N3O2S2/c1-14(9-4-6-17-8-9)18(15,16)11-3-2-5-13-10(11)7-12/h2-3,5,9H,4,6,8H2,1H3. The van der Waals surface area contributed by atoms with Gasteiger partial charge in [0.25, 0.3) is 0 Å². The largest absolute Gasteiger partial charge is 0.245 e. The van der Waals surface area contributed by atoms with Crippen LogP contribution in [0.5, 0.6) is 0 Å². The molecule has 0 radical (unpaired) electrons. The van der Waals surface area contributed by atoms with Crippen LogP contribution in [0, 0.1) is 11.3 Å². The van der Waals surface area contributed by atoms with E-state index in [1.54, 1.807) is 18.8 Å². The molecule has 2 rings (SSSR count). The Morgan fingerprint density at radius 2 is 2.39 bits per heavy atom. The number of thioether (sulfide) groups is 1. The summed E-state index contributed by atoms with van der Waals surface area (Å²) >= 11 is 1.75. The first kappa shape index (κ1) is 13.3. The van der Waals surface area contributed by atoms with Gasteiger partial charge < -0.3 is 0 Å². The molecule has 1 fully saturated rings. The number of hydrogen-bond donors (Lipinski definition) is 0. The molecule has 0 N–H and O–H groups in total. The van der Waals surface area contributed by atoms with Crippen LogP contribution in [0.25, 0.3) is 0 Å². The zero-order valence-electron chi connectivity index (χ0n) is 9.91. The molecule has 0 saturated carbocycles. The monoisotopic (exact) mass is 283 g/mol. The molecule has 1 aliphatic rings. The minimum absolute atomic E-state index is 0.00625. The molecule has 1 saturated heterocycles. The van der Waals surface area contributed by atoms with Crippen molar-refractivity contribution in [2.45, 2.75) is 17.4 Å². The van der Waals surface area contributed by atoms with Gasteiger partial charge in [0.1, 0.15) is 11.0 Å². The van der Waals surface area contributed by atoms with Crippen molar-refractivity contribution in [3.63, 3.8) is 0 Å². The van der Waals surface area contributed by atoms with Crippen molar-refractivity contribution >= 4 is 21.8 Å².